The third-order valence-electron chi connectivity index (χ3n) is 7.69. The number of carbonyl (C=O) groups is 2. The van der Waals surface area contributed by atoms with E-state index >= 15 is 0 Å². The number of hydrogen-bond donors (Lipinski definition) is 2. The zero-order valence-corrected chi connectivity index (χ0v) is 19.0. The number of carboxylic acids is 1. The van der Waals surface area contributed by atoms with Crippen molar-refractivity contribution in [2.75, 3.05) is 20.2 Å². The molecule has 5 rings (SSSR count). The summed E-state index contributed by atoms with van der Waals surface area (Å²) in [6, 6.07) is 14.2. The summed E-state index contributed by atoms with van der Waals surface area (Å²) in [5.41, 5.74) is 4.57. The Morgan fingerprint density at radius 3 is 2.73 bits per heavy atom. The van der Waals surface area contributed by atoms with Gasteiger partial charge in [-0.25, -0.2) is 0 Å². The number of para-hydroxylation sites is 1. The molecule has 1 amide bonds. The summed E-state index contributed by atoms with van der Waals surface area (Å²) in [6.45, 7) is 1.42. The normalized spacial score (nSPS) is 19.1. The first-order valence-electron chi connectivity index (χ1n) is 11.7. The Morgan fingerprint density at radius 2 is 1.97 bits per heavy atom. The summed E-state index contributed by atoms with van der Waals surface area (Å²) in [4.78, 5) is 29.8. The van der Waals surface area contributed by atoms with Gasteiger partial charge in [-0.2, -0.15) is 0 Å². The van der Waals surface area contributed by atoms with Crippen molar-refractivity contribution in [2.45, 2.75) is 49.9 Å². The van der Waals surface area contributed by atoms with E-state index in [0.29, 0.717) is 19.5 Å². The van der Waals surface area contributed by atoms with E-state index in [1.54, 1.807) is 7.11 Å². The van der Waals surface area contributed by atoms with Crippen molar-refractivity contribution >= 4 is 22.8 Å². The van der Waals surface area contributed by atoms with Gasteiger partial charge in [0.05, 0.1) is 13.5 Å². The molecule has 0 saturated carbocycles. The molecular formula is C27H30N2O4. The number of likely N-dealkylation sites (tertiary alicyclic amines) is 1. The van der Waals surface area contributed by atoms with E-state index in [0.717, 1.165) is 42.5 Å². The second-order valence-corrected chi connectivity index (χ2v) is 9.47. The van der Waals surface area contributed by atoms with Crippen LogP contribution in [0.2, 0.25) is 0 Å². The number of H-pyrrole nitrogens is 1. The highest BCUT2D eigenvalue weighted by Crippen LogP contribution is 2.53. The first-order valence-corrected chi connectivity index (χ1v) is 11.7. The van der Waals surface area contributed by atoms with Gasteiger partial charge in [0.15, 0.2) is 0 Å². The smallest absolute Gasteiger partial charge is 0.303 e. The second kappa shape index (κ2) is 8.58. The topological polar surface area (TPSA) is 82.6 Å². The number of rotatable bonds is 6. The van der Waals surface area contributed by atoms with Crippen molar-refractivity contribution < 1.29 is 19.4 Å². The lowest BCUT2D eigenvalue weighted by molar-refractivity contribution is -0.137. The van der Waals surface area contributed by atoms with E-state index in [2.05, 4.69) is 23.2 Å². The minimum Gasteiger partial charge on any atom is -0.497 e. The minimum absolute atomic E-state index is 0.0209. The number of aromatic amines is 1. The highest BCUT2D eigenvalue weighted by molar-refractivity contribution is 5.84. The standard InChI is InChI=1S/C27H30N2O4/c1-33-20-7-8-21-19(14-26(31)32)16-27(23(21)15-20)10-12-29(13-11-27)25(30)9-6-18-17-28-24-5-3-2-4-22(18)24/h2-5,7-8,15,17,19,28H,6,9-14,16H2,1H3,(H,31,32). The van der Waals surface area contributed by atoms with Crippen molar-refractivity contribution in [3.05, 3.63) is 65.4 Å². The maximum atomic E-state index is 13.0. The number of fused-ring (bicyclic) bond motifs is 3. The molecule has 1 aliphatic carbocycles. The van der Waals surface area contributed by atoms with Crippen LogP contribution in [0, 0.1) is 0 Å². The quantitative estimate of drug-likeness (QED) is 0.578. The molecule has 6 nitrogen and oxygen atoms in total. The summed E-state index contributed by atoms with van der Waals surface area (Å²) in [5, 5.41) is 10.6. The molecule has 2 N–H and O–H groups in total. The molecule has 33 heavy (non-hydrogen) atoms. The van der Waals surface area contributed by atoms with Crippen LogP contribution in [0.4, 0.5) is 0 Å². The van der Waals surface area contributed by atoms with Crippen molar-refractivity contribution in [1.82, 2.24) is 9.88 Å². The average molecular weight is 447 g/mol. The third kappa shape index (κ3) is 3.99. The predicted octanol–water partition coefficient (Wildman–Crippen LogP) is 4.63. The maximum Gasteiger partial charge on any atom is 0.303 e. The molecule has 2 aliphatic rings. The van der Waals surface area contributed by atoms with Crippen LogP contribution in [0.15, 0.2) is 48.7 Å². The Balaban J connectivity index is 1.27. The highest BCUT2D eigenvalue weighted by Gasteiger charge is 2.46. The Kier molecular flexibility index (Phi) is 5.60. The van der Waals surface area contributed by atoms with Crippen molar-refractivity contribution in [2.24, 2.45) is 0 Å². The molecule has 1 aromatic heterocycles. The molecule has 1 aliphatic heterocycles. The van der Waals surface area contributed by atoms with E-state index in [9.17, 15) is 14.7 Å². The lowest BCUT2D eigenvalue weighted by atomic mass is 9.73. The van der Waals surface area contributed by atoms with Crippen LogP contribution in [0.1, 0.15) is 54.7 Å². The predicted molar refractivity (Wildman–Crippen MR) is 127 cm³/mol. The number of hydrogen-bond acceptors (Lipinski definition) is 3. The molecule has 1 saturated heterocycles. The molecule has 1 unspecified atom stereocenters. The fraction of sp³-hybridized carbons (Fsp3) is 0.407. The largest absolute Gasteiger partial charge is 0.497 e. The average Bonchev–Trinajstić information content (AvgIpc) is 3.36. The summed E-state index contributed by atoms with van der Waals surface area (Å²) < 4.78 is 5.46. The highest BCUT2D eigenvalue weighted by atomic mass is 16.5. The number of nitrogens with one attached hydrogen (secondary N) is 1. The number of aliphatic carboxylic acids is 1. The monoisotopic (exact) mass is 446 g/mol. The van der Waals surface area contributed by atoms with E-state index in [4.69, 9.17) is 4.74 Å². The molecular weight excluding hydrogens is 416 g/mol. The first kappa shape index (κ1) is 21.6. The number of amides is 1. The lowest BCUT2D eigenvalue weighted by Crippen LogP contribution is -2.44. The number of piperidine rings is 1. The summed E-state index contributed by atoms with van der Waals surface area (Å²) in [5.74, 6) is 0.263. The summed E-state index contributed by atoms with van der Waals surface area (Å²) in [7, 11) is 1.66. The lowest BCUT2D eigenvalue weighted by Gasteiger charge is -2.40. The molecule has 2 heterocycles. The number of ether oxygens (including phenoxy) is 1. The summed E-state index contributed by atoms with van der Waals surface area (Å²) >= 11 is 0. The van der Waals surface area contributed by atoms with Crippen LogP contribution in [0.25, 0.3) is 10.9 Å². The molecule has 1 fully saturated rings. The Bertz CT molecular complexity index is 1190. The number of aromatic nitrogens is 1. The second-order valence-electron chi connectivity index (χ2n) is 9.47. The SMILES string of the molecule is COc1ccc2c(c1)C1(CCN(C(=O)CCc3c[nH]c4ccccc34)CC1)CC2CC(=O)O. The van der Waals surface area contributed by atoms with Gasteiger partial charge in [-0.1, -0.05) is 24.3 Å². The van der Waals surface area contributed by atoms with Gasteiger partial charge in [0.2, 0.25) is 5.91 Å². The van der Waals surface area contributed by atoms with Crippen molar-refractivity contribution in [3.63, 3.8) is 0 Å². The number of nitrogens with zero attached hydrogens (tertiary/aromatic N) is 1. The Hall–Kier alpha value is -3.28. The number of carbonyl (C=O) groups excluding carboxylic acids is 1. The van der Waals surface area contributed by atoms with Crippen LogP contribution in [-0.2, 0) is 21.4 Å². The van der Waals surface area contributed by atoms with E-state index in [-0.39, 0.29) is 23.7 Å². The van der Waals surface area contributed by atoms with Crippen LogP contribution < -0.4 is 4.74 Å². The van der Waals surface area contributed by atoms with Gasteiger partial charge in [0.25, 0.3) is 0 Å². The van der Waals surface area contributed by atoms with Gasteiger partial charge in [0, 0.05) is 36.6 Å². The van der Waals surface area contributed by atoms with Gasteiger partial charge in [-0.3, -0.25) is 9.59 Å². The maximum absolute atomic E-state index is 13.0. The summed E-state index contributed by atoms with van der Waals surface area (Å²) in [6.07, 6.45) is 5.94. The van der Waals surface area contributed by atoms with Gasteiger partial charge < -0.3 is 19.7 Å². The zero-order valence-electron chi connectivity index (χ0n) is 19.0. The fourth-order valence-electron chi connectivity index (χ4n) is 5.96. The molecule has 0 bridgehead atoms. The van der Waals surface area contributed by atoms with Gasteiger partial charge in [0.1, 0.15) is 5.75 Å². The molecule has 172 valence electrons. The van der Waals surface area contributed by atoms with E-state index < -0.39 is 5.97 Å². The molecule has 2 aromatic carbocycles. The molecule has 1 atom stereocenters. The van der Waals surface area contributed by atoms with Gasteiger partial charge >= 0.3 is 5.97 Å². The molecule has 1 spiro atoms. The first-order chi connectivity index (χ1) is 16.0. The number of benzene rings is 2. The number of aryl methyl sites for hydroxylation is 1. The van der Waals surface area contributed by atoms with Crippen LogP contribution in [0.3, 0.4) is 0 Å². The zero-order chi connectivity index (χ0) is 23.0. The molecule has 0 radical (unpaired) electrons. The van der Waals surface area contributed by atoms with Crippen molar-refractivity contribution in [1.29, 1.82) is 0 Å². The minimum atomic E-state index is -0.760. The Labute approximate surface area is 193 Å². The van der Waals surface area contributed by atoms with Gasteiger partial charge in [-0.05, 0) is 71.9 Å². The van der Waals surface area contributed by atoms with Crippen LogP contribution in [0.5, 0.6) is 5.75 Å². The molecule has 6 heteroatoms. The molecule has 3 aromatic rings. The third-order valence-corrected chi connectivity index (χ3v) is 7.69. The Morgan fingerprint density at radius 1 is 1.18 bits per heavy atom. The van der Waals surface area contributed by atoms with E-state index in [1.165, 1.54) is 16.5 Å². The fourth-order valence-corrected chi connectivity index (χ4v) is 5.96. The van der Waals surface area contributed by atoms with E-state index in [1.807, 2.05) is 35.4 Å². The number of methoxy groups -OCH3 is 1. The number of carboxylic acid groups (broad SMARTS) is 1. The van der Waals surface area contributed by atoms with Crippen molar-refractivity contribution in [3.8, 4) is 5.75 Å². The van der Waals surface area contributed by atoms with Crippen LogP contribution in [-0.4, -0.2) is 47.1 Å². The van der Waals surface area contributed by atoms with Gasteiger partial charge in [-0.15, -0.1) is 0 Å². The van der Waals surface area contributed by atoms with Crippen LogP contribution >= 0.6 is 0 Å².